The molecule has 1 fully saturated rings. The van der Waals surface area contributed by atoms with Gasteiger partial charge in [0.2, 0.25) is 0 Å². The van der Waals surface area contributed by atoms with Crippen LogP contribution in [0.25, 0.3) is 11.3 Å². The maximum atomic E-state index is 13.6. The van der Waals surface area contributed by atoms with Crippen LogP contribution in [-0.2, 0) is 13.2 Å². The summed E-state index contributed by atoms with van der Waals surface area (Å²) < 4.78 is 42.3. The third-order valence-electron chi connectivity index (χ3n) is 5.27. The molecule has 3 aromatic rings. The van der Waals surface area contributed by atoms with Crippen molar-refractivity contribution in [2.45, 2.75) is 31.7 Å². The van der Waals surface area contributed by atoms with Gasteiger partial charge in [-0.3, -0.25) is 9.48 Å². The quantitative estimate of drug-likeness (QED) is 0.640. The average Bonchev–Trinajstić information content (AvgIpc) is 3.31. The van der Waals surface area contributed by atoms with Crippen LogP contribution < -0.4 is 10.2 Å². The summed E-state index contributed by atoms with van der Waals surface area (Å²) in [6.45, 7) is 2.10. The van der Waals surface area contributed by atoms with Crippen molar-refractivity contribution in [1.82, 2.24) is 19.7 Å². The third kappa shape index (κ3) is 4.42. The number of aryl methyl sites for hydroxylation is 1. The highest BCUT2D eigenvalue weighted by Crippen LogP contribution is 2.37. The van der Waals surface area contributed by atoms with Gasteiger partial charge in [-0.1, -0.05) is 6.07 Å². The van der Waals surface area contributed by atoms with Crippen molar-refractivity contribution >= 4 is 17.4 Å². The molecule has 0 bridgehead atoms. The second-order valence-corrected chi connectivity index (χ2v) is 7.74. The topological polar surface area (TPSA) is 96.2 Å². The van der Waals surface area contributed by atoms with Gasteiger partial charge in [0.25, 0.3) is 5.91 Å². The predicted molar refractivity (Wildman–Crippen MR) is 111 cm³/mol. The van der Waals surface area contributed by atoms with Crippen LogP contribution in [-0.4, -0.2) is 49.5 Å². The first kappa shape index (κ1) is 21.8. The Kier molecular flexibility index (Phi) is 5.59. The summed E-state index contributed by atoms with van der Waals surface area (Å²) in [5, 5.41) is 16.3. The lowest BCUT2D eigenvalue weighted by molar-refractivity contribution is -0.137. The Morgan fingerprint density at radius 1 is 1.28 bits per heavy atom. The number of nitrogens with one attached hydrogen (secondary N) is 1. The summed E-state index contributed by atoms with van der Waals surface area (Å²) in [7, 11) is 1.74. The highest BCUT2D eigenvalue weighted by molar-refractivity contribution is 6.03. The minimum absolute atomic E-state index is 0.0391. The van der Waals surface area contributed by atoms with Gasteiger partial charge < -0.3 is 15.3 Å². The molecular weight excluding hydrogens is 425 g/mol. The molecule has 1 aliphatic rings. The van der Waals surface area contributed by atoms with E-state index in [2.05, 4.69) is 20.4 Å². The lowest BCUT2D eigenvalue weighted by atomic mass is 10.2. The number of amides is 1. The van der Waals surface area contributed by atoms with Crippen LogP contribution in [0.3, 0.4) is 0 Å². The van der Waals surface area contributed by atoms with Crippen molar-refractivity contribution in [2.75, 3.05) is 16.8 Å². The van der Waals surface area contributed by atoms with E-state index < -0.39 is 29.4 Å². The Morgan fingerprint density at radius 3 is 2.69 bits per heavy atom. The monoisotopic (exact) mass is 446 g/mol. The first-order valence-electron chi connectivity index (χ1n) is 9.91. The van der Waals surface area contributed by atoms with Crippen LogP contribution >= 0.6 is 0 Å². The molecule has 11 heteroatoms. The van der Waals surface area contributed by atoms with Crippen molar-refractivity contribution in [3.05, 3.63) is 54.1 Å². The van der Waals surface area contributed by atoms with E-state index in [4.69, 9.17) is 0 Å². The molecule has 0 aliphatic carbocycles. The highest BCUT2D eigenvalue weighted by atomic mass is 19.4. The normalized spacial score (nSPS) is 18.8. The van der Waals surface area contributed by atoms with E-state index in [1.165, 1.54) is 12.1 Å². The number of alkyl halides is 3. The number of hydrogen-bond acceptors (Lipinski definition) is 6. The second kappa shape index (κ2) is 8.23. The number of rotatable bonds is 4. The summed E-state index contributed by atoms with van der Waals surface area (Å²) in [6, 6.07) is 5.78. The van der Waals surface area contributed by atoms with Crippen LogP contribution in [0.5, 0.6) is 0 Å². The van der Waals surface area contributed by atoms with Gasteiger partial charge in [-0.05, 0) is 25.5 Å². The molecule has 8 nitrogen and oxygen atoms in total. The van der Waals surface area contributed by atoms with E-state index in [0.29, 0.717) is 23.9 Å². The van der Waals surface area contributed by atoms with Crippen molar-refractivity contribution in [3.63, 3.8) is 0 Å². The number of carbonyl (C=O) groups excluding carboxylic acids is 1. The van der Waals surface area contributed by atoms with Gasteiger partial charge in [0.05, 0.1) is 29.2 Å². The molecule has 0 unspecified atom stereocenters. The van der Waals surface area contributed by atoms with Crippen molar-refractivity contribution in [1.29, 1.82) is 0 Å². The summed E-state index contributed by atoms with van der Waals surface area (Å²) in [5.41, 5.74) is -0.383. The highest BCUT2D eigenvalue weighted by Gasteiger charge is 2.36. The minimum atomic E-state index is -4.71. The van der Waals surface area contributed by atoms with Crippen molar-refractivity contribution in [2.24, 2.45) is 7.05 Å². The SMILES string of the molecule is C[C@H]1C[C@@H](O)CN1c1cc(NC(=O)c2cccc(-c3cnn(C)c3)n2)c(C(F)(F)F)cn1. The van der Waals surface area contributed by atoms with E-state index in [0.717, 1.165) is 0 Å². The third-order valence-corrected chi connectivity index (χ3v) is 5.27. The number of carbonyl (C=O) groups is 1. The van der Waals surface area contributed by atoms with E-state index in [-0.39, 0.29) is 24.1 Å². The van der Waals surface area contributed by atoms with Crippen LogP contribution in [0, 0.1) is 0 Å². The molecule has 4 rings (SSSR count). The Bertz CT molecular complexity index is 1150. The largest absolute Gasteiger partial charge is 0.419 e. The number of halogens is 3. The Balaban J connectivity index is 1.65. The number of aliphatic hydroxyl groups excluding tert-OH is 1. The van der Waals surface area contributed by atoms with Gasteiger partial charge in [-0.25, -0.2) is 9.97 Å². The van der Waals surface area contributed by atoms with Crippen molar-refractivity contribution < 1.29 is 23.1 Å². The molecule has 168 valence electrons. The fraction of sp³-hybridized carbons (Fsp3) is 0.333. The molecule has 4 heterocycles. The molecule has 0 spiro atoms. The van der Waals surface area contributed by atoms with Crippen molar-refractivity contribution in [3.8, 4) is 11.3 Å². The summed E-state index contributed by atoms with van der Waals surface area (Å²) in [6.07, 6.45) is -0.836. The van der Waals surface area contributed by atoms with Gasteiger partial charge >= 0.3 is 6.18 Å². The van der Waals surface area contributed by atoms with Gasteiger partial charge in [0.15, 0.2) is 0 Å². The lowest BCUT2D eigenvalue weighted by Gasteiger charge is -2.24. The second-order valence-electron chi connectivity index (χ2n) is 7.74. The zero-order chi connectivity index (χ0) is 23.0. The first-order chi connectivity index (χ1) is 15.1. The van der Waals surface area contributed by atoms with Crippen LogP contribution in [0.2, 0.25) is 0 Å². The number of hydrogen-bond donors (Lipinski definition) is 2. The minimum Gasteiger partial charge on any atom is -0.391 e. The van der Waals surface area contributed by atoms with E-state index in [9.17, 15) is 23.1 Å². The predicted octanol–water partition coefficient (Wildman–Crippen LogP) is 3.11. The Morgan fingerprint density at radius 2 is 2.06 bits per heavy atom. The number of pyridine rings is 2. The molecule has 2 N–H and O–H groups in total. The van der Waals surface area contributed by atoms with Gasteiger partial charge in [0, 0.05) is 43.7 Å². The van der Waals surface area contributed by atoms with E-state index >= 15 is 0 Å². The molecule has 1 amide bonds. The molecule has 0 radical (unpaired) electrons. The zero-order valence-corrected chi connectivity index (χ0v) is 17.3. The number of aliphatic hydroxyl groups is 1. The number of nitrogens with zero attached hydrogens (tertiary/aromatic N) is 5. The summed E-state index contributed by atoms with van der Waals surface area (Å²) >= 11 is 0. The molecule has 3 aromatic heterocycles. The molecule has 0 saturated carbocycles. The fourth-order valence-corrected chi connectivity index (χ4v) is 3.71. The molecule has 32 heavy (non-hydrogen) atoms. The van der Waals surface area contributed by atoms with Gasteiger partial charge in [-0.15, -0.1) is 0 Å². The van der Waals surface area contributed by atoms with Crippen LogP contribution in [0.4, 0.5) is 24.7 Å². The fourth-order valence-electron chi connectivity index (χ4n) is 3.71. The van der Waals surface area contributed by atoms with E-state index in [1.807, 2.05) is 6.92 Å². The van der Waals surface area contributed by atoms with Gasteiger partial charge in [-0.2, -0.15) is 18.3 Å². The zero-order valence-electron chi connectivity index (χ0n) is 17.3. The van der Waals surface area contributed by atoms with Gasteiger partial charge in [0.1, 0.15) is 11.5 Å². The summed E-state index contributed by atoms with van der Waals surface area (Å²) in [4.78, 5) is 22.7. The molecular formula is C21H21F3N6O2. The Hall–Kier alpha value is -3.47. The first-order valence-corrected chi connectivity index (χ1v) is 9.91. The number of β-amino-alcohol motifs (C(OH)–C–C–N with tert-alkyl or cyclic N) is 1. The standard InChI is InChI=1S/C21H21F3N6O2/c1-12-6-14(31)11-30(12)19-7-18(15(9-25-19)21(22,23)24)28-20(32)17-5-3-4-16(27-17)13-8-26-29(2)10-13/h3-5,7-10,12,14,31H,6,11H2,1-2H3,(H,25,28,32)/t12-,14+/m0/s1. The molecule has 0 aromatic carbocycles. The average molecular weight is 446 g/mol. The maximum Gasteiger partial charge on any atom is 0.419 e. The van der Waals surface area contributed by atoms with Crippen LogP contribution in [0.1, 0.15) is 29.4 Å². The number of aromatic nitrogens is 4. The molecule has 1 aliphatic heterocycles. The van der Waals surface area contributed by atoms with E-state index in [1.54, 1.807) is 41.2 Å². The van der Waals surface area contributed by atoms with Crippen LogP contribution in [0.15, 0.2) is 42.9 Å². The Labute approximate surface area is 181 Å². The molecule has 1 saturated heterocycles. The summed E-state index contributed by atoms with van der Waals surface area (Å²) in [5.74, 6) is -0.540. The maximum absolute atomic E-state index is 13.6. The smallest absolute Gasteiger partial charge is 0.391 e. The molecule has 2 atom stereocenters. The number of anilines is 2. The lowest BCUT2D eigenvalue weighted by Crippen LogP contribution is -2.29.